The Morgan fingerprint density at radius 3 is 2.48 bits per heavy atom. The van der Waals surface area contributed by atoms with Gasteiger partial charge in [0.05, 0.1) is 10.6 Å². The summed E-state index contributed by atoms with van der Waals surface area (Å²) in [5.41, 5.74) is 1.20. The predicted molar refractivity (Wildman–Crippen MR) is 95.3 cm³/mol. The molecule has 2 aromatic rings. The molecule has 0 bridgehead atoms. The van der Waals surface area contributed by atoms with Crippen molar-refractivity contribution in [1.29, 1.82) is 0 Å². The lowest BCUT2D eigenvalue weighted by Crippen LogP contribution is -2.40. The molecule has 0 radical (unpaired) electrons. The molecule has 0 aliphatic heterocycles. The number of carboxylic acid groups (broad SMARTS) is 1. The molecule has 25 heavy (non-hydrogen) atoms. The van der Waals surface area contributed by atoms with Gasteiger partial charge in [0, 0.05) is 17.9 Å². The van der Waals surface area contributed by atoms with Crippen LogP contribution in [0.5, 0.6) is 0 Å². The Morgan fingerprint density at radius 1 is 1.12 bits per heavy atom. The Morgan fingerprint density at radius 2 is 1.84 bits per heavy atom. The van der Waals surface area contributed by atoms with Gasteiger partial charge in [-0.15, -0.1) is 0 Å². The zero-order valence-electron chi connectivity index (χ0n) is 13.0. The molecular weight excluding hydrogens is 346 g/mol. The van der Waals surface area contributed by atoms with E-state index in [1.54, 1.807) is 42.5 Å². The quantitative estimate of drug-likeness (QED) is 0.567. The van der Waals surface area contributed by atoms with Gasteiger partial charge >= 0.3 is 6.09 Å². The summed E-state index contributed by atoms with van der Waals surface area (Å²) in [5.74, 6) is -0.423. The standard InChI is InChI=1S/C17H16ClN3O4/c18-13-7-4-8-14(19-9-12(10-22)21-17(24)25)15(13)16(23)20-11-5-2-1-3-6-11/h1-8,10,12,19,21H,9H2,(H,20,23)(H,24,25). The normalized spacial score (nSPS) is 11.2. The van der Waals surface area contributed by atoms with Crippen LogP contribution >= 0.6 is 11.6 Å². The first-order valence-corrected chi connectivity index (χ1v) is 7.72. The van der Waals surface area contributed by atoms with Gasteiger partial charge in [0.1, 0.15) is 12.3 Å². The molecule has 8 heteroatoms. The van der Waals surface area contributed by atoms with E-state index in [0.717, 1.165) is 0 Å². The molecule has 7 nitrogen and oxygen atoms in total. The van der Waals surface area contributed by atoms with Gasteiger partial charge in [-0.05, 0) is 24.3 Å². The Bertz CT molecular complexity index is 768. The molecule has 0 aliphatic rings. The number of anilines is 2. The number of halogens is 1. The fraction of sp³-hybridized carbons (Fsp3) is 0.118. The average Bonchev–Trinajstić information content (AvgIpc) is 2.59. The molecule has 2 rings (SSSR count). The molecule has 1 atom stereocenters. The highest BCUT2D eigenvalue weighted by molar-refractivity contribution is 6.35. The van der Waals surface area contributed by atoms with E-state index in [-0.39, 0.29) is 17.1 Å². The largest absolute Gasteiger partial charge is 0.465 e. The summed E-state index contributed by atoms with van der Waals surface area (Å²) in [7, 11) is 0. The van der Waals surface area contributed by atoms with Gasteiger partial charge in [-0.2, -0.15) is 0 Å². The Kier molecular flexibility index (Phi) is 6.36. The van der Waals surface area contributed by atoms with Crippen molar-refractivity contribution in [2.45, 2.75) is 6.04 Å². The molecule has 0 saturated heterocycles. The molecule has 4 N–H and O–H groups in total. The lowest BCUT2D eigenvalue weighted by atomic mass is 10.1. The molecule has 1 unspecified atom stereocenters. The van der Waals surface area contributed by atoms with Gasteiger partial charge in [0.25, 0.3) is 5.91 Å². The summed E-state index contributed by atoms with van der Waals surface area (Å²) in [4.78, 5) is 34.1. The second kappa shape index (κ2) is 8.70. The highest BCUT2D eigenvalue weighted by atomic mass is 35.5. The number of hydrogen-bond acceptors (Lipinski definition) is 4. The third-order valence-electron chi connectivity index (χ3n) is 3.26. The number of hydrogen-bond donors (Lipinski definition) is 4. The number of carbonyl (C=O) groups is 3. The molecule has 0 fully saturated rings. The van der Waals surface area contributed by atoms with Crippen LogP contribution in [0.3, 0.4) is 0 Å². The van der Waals surface area contributed by atoms with Crippen molar-refractivity contribution in [2.24, 2.45) is 0 Å². The highest BCUT2D eigenvalue weighted by Gasteiger charge is 2.17. The van der Waals surface area contributed by atoms with E-state index in [2.05, 4.69) is 16.0 Å². The van der Waals surface area contributed by atoms with E-state index in [1.165, 1.54) is 0 Å². The van der Waals surface area contributed by atoms with Crippen molar-refractivity contribution in [3.8, 4) is 0 Å². The lowest BCUT2D eigenvalue weighted by molar-refractivity contribution is -0.109. The number of rotatable bonds is 7. The minimum Gasteiger partial charge on any atom is -0.465 e. The number of carbonyl (C=O) groups excluding carboxylic acids is 2. The zero-order valence-corrected chi connectivity index (χ0v) is 13.8. The second-order valence-electron chi connectivity index (χ2n) is 5.06. The van der Waals surface area contributed by atoms with Crippen LogP contribution in [-0.4, -0.2) is 36.0 Å². The van der Waals surface area contributed by atoms with Crippen molar-refractivity contribution in [1.82, 2.24) is 5.32 Å². The summed E-state index contributed by atoms with van der Waals surface area (Å²) in [6, 6.07) is 12.7. The van der Waals surface area contributed by atoms with Crippen LogP contribution in [-0.2, 0) is 4.79 Å². The van der Waals surface area contributed by atoms with Crippen LogP contribution in [0, 0.1) is 0 Å². The van der Waals surface area contributed by atoms with Crippen molar-refractivity contribution in [2.75, 3.05) is 17.2 Å². The predicted octanol–water partition coefficient (Wildman–Crippen LogP) is 2.84. The van der Waals surface area contributed by atoms with Crippen LogP contribution in [0.4, 0.5) is 16.2 Å². The highest BCUT2D eigenvalue weighted by Crippen LogP contribution is 2.25. The van der Waals surface area contributed by atoms with Crippen LogP contribution in [0.2, 0.25) is 5.02 Å². The topological polar surface area (TPSA) is 108 Å². The first-order chi connectivity index (χ1) is 12.0. The van der Waals surface area contributed by atoms with E-state index in [0.29, 0.717) is 17.7 Å². The smallest absolute Gasteiger partial charge is 0.405 e. The maximum absolute atomic E-state index is 12.5. The molecule has 0 aromatic heterocycles. The minimum atomic E-state index is -1.31. The molecule has 2 aromatic carbocycles. The van der Waals surface area contributed by atoms with E-state index in [4.69, 9.17) is 16.7 Å². The summed E-state index contributed by atoms with van der Waals surface area (Å²) < 4.78 is 0. The number of nitrogens with one attached hydrogen (secondary N) is 3. The van der Waals surface area contributed by atoms with Gasteiger partial charge in [0.15, 0.2) is 0 Å². The molecular formula is C17H16ClN3O4. The first-order valence-electron chi connectivity index (χ1n) is 7.35. The summed E-state index contributed by atoms with van der Waals surface area (Å²) in [6.07, 6.45) is -0.845. The van der Waals surface area contributed by atoms with E-state index < -0.39 is 18.0 Å². The van der Waals surface area contributed by atoms with Crippen LogP contribution in [0.15, 0.2) is 48.5 Å². The van der Waals surface area contributed by atoms with Gasteiger partial charge < -0.3 is 25.9 Å². The number of benzene rings is 2. The van der Waals surface area contributed by atoms with Crippen LogP contribution < -0.4 is 16.0 Å². The Labute approximate surface area is 149 Å². The maximum atomic E-state index is 12.5. The van der Waals surface area contributed by atoms with Gasteiger partial charge in [0.2, 0.25) is 0 Å². The van der Waals surface area contributed by atoms with Crippen molar-refractivity contribution in [3.05, 3.63) is 59.1 Å². The van der Waals surface area contributed by atoms with Crippen molar-refractivity contribution >= 4 is 41.3 Å². The fourth-order valence-corrected chi connectivity index (χ4v) is 2.39. The zero-order chi connectivity index (χ0) is 18.2. The van der Waals surface area contributed by atoms with Gasteiger partial charge in [-0.25, -0.2) is 4.79 Å². The third-order valence-corrected chi connectivity index (χ3v) is 3.57. The van der Waals surface area contributed by atoms with Crippen LogP contribution in [0.25, 0.3) is 0 Å². The average molecular weight is 362 g/mol. The molecule has 0 heterocycles. The number of para-hydroxylation sites is 1. The number of aldehydes is 1. The van der Waals surface area contributed by atoms with Gasteiger partial charge in [-0.1, -0.05) is 35.9 Å². The van der Waals surface area contributed by atoms with Crippen molar-refractivity contribution < 1.29 is 19.5 Å². The van der Waals surface area contributed by atoms with Crippen LogP contribution in [0.1, 0.15) is 10.4 Å². The van der Waals surface area contributed by atoms with E-state index in [9.17, 15) is 14.4 Å². The molecule has 0 aliphatic carbocycles. The SMILES string of the molecule is O=CC(CNc1cccc(Cl)c1C(=O)Nc1ccccc1)NC(=O)O. The second-order valence-corrected chi connectivity index (χ2v) is 5.46. The molecule has 130 valence electrons. The molecule has 0 spiro atoms. The Hall–Kier alpha value is -3.06. The first kappa shape index (κ1) is 18.3. The lowest BCUT2D eigenvalue weighted by Gasteiger charge is -2.16. The third kappa shape index (κ3) is 5.22. The van der Waals surface area contributed by atoms with Gasteiger partial charge in [-0.3, -0.25) is 4.79 Å². The summed E-state index contributed by atoms with van der Waals surface area (Å²) >= 11 is 6.14. The Balaban J connectivity index is 2.16. The summed E-state index contributed by atoms with van der Waals surface area (Å²) in [5, 5.41) is 16.6. The molecule has 2 amide bonds. The van der Waals surface area contributed by atoms with E-state index in [1.807, 2.05) is 6.07 Å². The van der Waals surface area contributed by atoms with Crippen molar-refractivity contribution in [3.63, 3.8) is 0 Å². The summed E-state index contributed by atoms with van der Waals surface area (Å²) in [6.45, 7) is -0.0260. The number of amides is 2. The molecule has 0 saturated carbocycles. The minimum absolute atomic E-state index is 0.0260. The fourth-order valence-electron chi connectivity index (χ4n) is 2.13. The maximum Gasteiger partial charge on any atom is 0.405 e. The monoisotopic (exact) mass is 361 g/mol. The van der Waals surface area contributed by atoms with E-state index >= 15 is 0 Å².